The van der Waals surface area contributed by atoms with E-state index < -0.39 is 26.6 Å². The summed E-state index contributed by atoms with van der Waals surface area (Å²) >= 11 is 12.9. The van der Waals surface area contributed by atoms with E-state index in [0.29, 0.717) is 6.42 Å². The molecule has 1 aliphatic rings. The lowest BCUT2D eigenvalue weighted by Gasteiger charge is -2.38. The smallest absolute Gasteiger partial charge is 0.266 e. The number of anilines is 1. The van der Waals surface area contributed by atoms with E-state index in [1.165, 1.54) is 18.5 Å². The number of hydrogen-bond acceptors (Lipinski definition) is 7. The molecule has 34 heavy (non-hydrogen) atoms. The minimum absolute atomic E-state index is 0.00162. The summed E-state index contributed by atoms with van der Waals surface area (Å²) in [5.41, 5.74) is 0.470. The lowest BCUT2D eigenvalue weighted by atomic mass is 9.71. The highest BCUT2D eigenvalue weighted by Crippen LogP contribution is 2.39. The molecule has 0 bridgehead atoms. The van der Waals surface area contributed by atoms with Gasteiger partial charge in [-0.25, -0.2) is 22.2 Å². The Balaban J connectivity index is 1.50. The van der Waals surface area contributed by atoms with Gasteiger partial charge in [-0.2, -0.15) is 4.37 Å². The Labute approximate surface area is 209 Å². The number of aromatic nitrogens is 2. The molecule has 3 aromatic rings. The first-order chi connectivity index (χ1) is 16.2. The molecule has 1 saturated heterocycles. The van der Waals surface area contributed by atoms with Crippen molar-refractivity contribution in [2.45, 2.75) is 29.6 Å². The van der Waals surface area contributed by atoms with Crippen molar-refractivity contribution < 1.29 is 21.9 Å². The second-order valence-electron chi connectivity index (χ2n) is 7.82. The zero-order chi connectivity index (χ0) is 24.3. The summed E-state index contributed by atoms with van der Waals surface area (Å²) in [6.07, 6.45) is 3.21. The lowest BCUT2D eigenvalue weighted by Crippen LogP contribution is -2.41. The minimum Gasteiger partial charge on any atom is -0.492 e. The molecule has 4 rings (SSSR count). The van der Waals surface area contributed by atoms with Crippen molar-refractivity contribution in [2.24, 2.45) is 0 Å². The van der Waals surface area contributed by atoms with Gasteiger partial charge in [0.1, 0.15) is 28.6 Å². The highest BCUT2D eigenvalue weighted by atomic mass is 35.5. The lowest BCUT2D eigenvalue weighted by molar-refractivity contribution is 0.217. The molecule has 1 aliphatic heterocycles. The topological polar surface area (TPSA) is 93.2 Å². The van der Waals surface area contributed by atoms with Crippen LogP contribution in [-0.2, 0) is 15.4 Å². The van der Waals surface area contributed by atoms with Crippen molar-refractivity contribution in [1.82, 2.24) is 14.7 Å². The fourth-order valence-corrected chi connectivity index (χ4v) is 6.13. The predicted octanol–water partition coefficient (Wildman–Crippen LogP) is 5.01. The molecule has 0 spiro atoms. The minimum atomic E-state index is -4.25. The van der Waals surface area contributed by atoms with Crippen LogP contribution in [-0.4, -0.2) is 37.5 Å². The molecule has 0 atom stereocenters. The summed E-state index contributed by atoms with van der Waals surface area (Å²) in [7, 11) is -4.25. The van der Waals surface area contributed by atoms with Crippen LogP contribution < -0.4 is 14.8 Å². The first-order valence-electron chi connectivity index (χ1n) is 10.3. The molecule has 0 unspecified atom stereocenters. The number of halogens is 4. The third kappa shape index (κ3) is 5.44. The number of ether oxygens (including phenoxy) is 1. The molecule has 7 nitrogen and oxygen atoms in total. The van der Waals surface area contributed by atoms with Crippen LogP contribution in [0.1, 0.15) is 24.8 Å². The fraction of sp³-hybridized carbons (Fsp3) is 0.333. The molecule has 2 aromatic carbocycles. The summed E-state index contributed by atoms with van der Waals surface area (Å²) in [5.74, 6) is -1.49. The number of nitrogens with one attached hydrogen (secondary N) is 2. The van der Waals surface area contributed by atoms with E-state index in [-0.39, 0.29) is 32.9 Å². The molecule has 0 saturated carbocycles. The van der Waals surface area contributed by atoms with Gasteiger partial charge in [-0.3, -0.25) is 4.72 Å². The monoisotopic (exact) mass is 548 g/mol. The maximum atomic E-state index is 14.7. The molecule has 2 N–H and O–H groups in total. The van der Waals surface area contributed by atoms with E-state index in [4.69, 9.17) is 27.9 Å². The Kier molecular flexibility index (Phi) is 7.58. The van der Waals surface area contributed by atoms with Gasteiger partial charge < -0.3 is 10.1 Å². The van der Waals surface area contributed by atoms with Gasteiger partial charge in [-0.15, -0.1) is 0 Å². The summed E-state index contributed by atoms with van der Waals surface area (Å²) < 4.78 is 65.4. The molecule has 0 radical (unpaired) electrons. The van der Waals surface area contributed by atoms with Gasteiger partial charge in [0.15, 0.2) is 0 Å². The SMILES string of the molecule is O=S(=O)(Nc1ncns1)c1cc(Cl)c(OCCC2(c3ccc(Cl)c(F)c3)CCNCC2)cc1F. The molecule has 13 heteroatoms. The van der Waals surface area contributed by atoms with E-state index in [1.807, 2.05) is 6.07 Å². The number of hydrogen-bond donors (Lipinski definition) is 2. The standard InChI is InChI=1S/C21H20Cl2F2N4O3S2/c22-14-2-1-13(9-16(14)24)21(3-6-26-7-4-21)5-8-32-18-11-17(25)19(10-15(18)23)34(30,31)29-20-27-12-28-33-20/h1-2,9-12,26H,3-8H2,(H,27,28,29). The Morgan fingerprint density at radius 1 is 1.12 bits per heavy atom. The van der Waals surface area contributed by atoms with Crippen LogP contribution in [0.3, 0.4) is 0 Å². The number of sulfonamides is 1. The molecule has 0 amide bonds. The summed E-state index contributed by atoms with van der Waals surface area (Å²) in [6.45, 7) is 1.68. The maximum Gasteiger partial charge on any atom is 0.266 e. The van der Waals surface area contributed by atoms with E-state index in [2.05, 4.69) is 19.4 Å². The van der Waals surface area contributed by atoms with Gasteiger partial charge >= 0.3 is 0 Å². The van der Waals surface area contributed by atoms with Crippen molar-refractivity contribution in [3.63, 3.8) is 0 Å². The third-order valence-electron chi connectivity index (χ3n) is 5.79. The van der Waals surface area contributed by atoms with Crippen LogP contribution in [0.5, 0.6) is 5.75 Å². The van der Waals surface area contributed by atoms with Crippen LogP contribution in [0.2, 0.25) is 10.0 Å². The number of rotatable bonds is 8. The average molecular weight is 549 g/mol. The maximum absolute atomic E-state index is 14.7. The molecule has 2 heterocycles. The molecule has 0 aliphatic carbocycles. The average Bonchev–Trinajstić information content (AvgIpc) is 3.30. The van der Waals surface area contributed by atoms with Crippen LogP contribution in [0.4, 0.5) is 13.9 Å². The highest BCUT2D eigenvalue weighted by molar-refractivity contribution is 7.93. The van der Waals surface area contributed by atoms with E-state index >= 15 is 0 Å². The highest BCUT2D eigenvalue weighted by Gasteiger charge is 2.34. The van der Waals surface area contributed by atoms with Gasteiger partial charge in [0, 0.05) is 23.0 Å². The number of nitrogens with zero attached hydrogens (tertiary/aromatic N) is 2. The molecular weight excluding hydrogens is 529 g/mol. The molecule has 182 valence electrons. The van der Waals surface area contributed by atoms with E-state index in [0.717, 1.165) is 55.2 Å². The second kappa shape index (κ2) is 10.3. The first-order valence-corrected chi connectivity index (χ1v) is 13.3. The van der Waals surface area contributed by atoms with Crippen LogP contribution >= 0.6 is 34.7 Å². The zero-order valence-corrected chi connectivity index (χ0v) is 20.8. The third-order valence-corrected chi connectivity index (χ3v) is 8.45. The van der Waals surface area contributed by atoms with Crippen molar-refractivity contribution in [2.75, 3.05) is 24.4 Å². The number of piperidine rings is 1. The molecular formula is C21H20Cl2F2N4O3S2. The van der Waals surface area contributed by atoms with Crippen LogP contribution in [0, 0.1) is 11.6 Å². The predicted molar refractivity (Wildman–Crippen MR) is 127 cm³/mol. The second-order valence-corrected chi connectivity index (χ2v) is 11.1. The van der Waals surface area contributed by atoms with E-state index in [1.54, 1.807) is 0 Å². The first kappa shape index (κ1) is 25.1. The largest absolute Gasteiger partial charge is 0.492 e. The van der Waals surface area contributed by atoms with Gasteiger partial charge in [0.2, 0.25) is 5.13 Å². The Morgan fingerprint density at radius 2 is 1.88 bits per heavy atom. The van der Waals surface area contributed by atoms with Crippen molar-refractivity contribution in [3.05, 3.63) is 63.9 Å². The van der Waals surface area contributed by atoms with Gasteiger partial charge in [-0.1, -0.05) is 29.3 Å². The normalized spacial score (nSPS) is 15.8. The summed E-state index contributed by atoms with van der Waals surface area (Å²) in [5, 5.41) is 3.29. The van der Waals surface area contributed by atoms with E-state index in [9.17, 15) is 17.2 Å². The summed E-state index contributed by atoms with van der Waals surface area (Å²) in [4.78, 5) is 3.09. The van der Waals surface area contributed by atoms with Crippen LogP contribution in [0.25, 0.3) is 0 Å². The van der Waals surface area contributed by atoms with Crippen LogP contribution in [0.15, 0.2) is 41.6 Å². The van der Waals surface area contributed by atoms with Crippen molar-refractivity contribution >= 4 is 49.9 Å². The quantitative estimate of drug-likeness (QED) is 0.410. The number of benzene rings is 2. The Morgan fingerprint density at radius 3 is 2.56 bits per heavy atom. The Hall–Kier alpha value is -2.05. The van der Waals surface area contributed by atoms with Gasteiger partial charge in [0.05, 0.1) is 16.7 Å². The summed E-state index contributed by atoms with van der Waals surface area (Å²) in [6, 6.07) is 6.73. The van der Waals surface area contributed by atoms with Crippen molar-refractivity contribution in [1.29, 1.82) is 0 Å². The van der Waals surface area contributed by atoms with Crippen molar-refractivity contribution in [3.8, 4) is 5.75 Å². The molecule has 1 aromatic heterocycles. The zero-order valence-electron chi connectivity index (χ0n) is 17.7. The van der Waals surface area contributed by atoms with Gasteiger partial charge in [-0.05, 0) is 56.1 Å². The fourth-order valence-electron chi connectivity index (χ4n) is 3.99. The van der Waals surface area contributed by atoms with Gasteiger partial charge in [0.25, 0.3) is 10.0 Å². The molecule has 1 fully saturated rings. The Bertz CT molecular complexity index is 1270.